The highest BCUT2D eigenvalue weighted by molar-refractivity contribution is 9.13. The van der Waals surface area contributed by atoms with Crippen LogP contribution in [0.1, 0.15) is 10.4 Å². The van der Waals surface area contributed by atoms with Crippen molar-refractivity contribution in [1.29, 1.82) is 0 Å². The summed E-state index contributed by atoms with van der Waals surface area (Å²) in [5, 5.41) is 11.1. The number of thiophene rings is 1. The Morgan fingerprint density at radius 1 is 1.29 bits per heavy atom. The third-order valence-corrected chi connectivity index (χ3v) is 6.24. The first-order valence-corrected chi connectivity index (χ1v) is 8.58. The van der Waals surface area contributed by atoms with E-state index in [1.165, 1.54) is 11.3 Å². The van der Waals surface area contributed by atoms with E-state index in [-0.39, 0.29) is 0 Å². The quantitative estimate of drug-likeness (QED) is 0.616. The molecule has 0 spiro atoms. The Labute approximate surface area is 142 Å². The molecule has 0 saturated heterocycles. The second-order valence-electron chi connectivity index (χ2n) is 4.46. The molecule has 0 aliphatic carbocycles. The average molecular weight is 429 g/mol. The Bertz CT molecular complexity index is 736. The fraction of sp³-hybridized carbons (Fsp3) is 0.143. The van der Waals surface area contributed by atoms with Gasteiger partial charge in [-0.2, -0.15) is 0 Å². The summed E-state index contributed by atoms with van der Waals surface area (Å²) in [6.07, 6.45) is 1.34. The highest BCUT2D eigenvalue weighted by Crippen LogP contribution is 2.33. The Hall–Kier alpha value is -1.18. The van der Waals surface area contributed by atoms with E-state index in [2.05, 4.69) is 60.4 Å². The van der Waals surface area contributed by atoms with Gasteiger partial charge in [0.15, 0.2) is 0 Å². The number of halogens is 2. The molecular formula is C14H11Br2N3OS. The van der Waals surface area contributed by atoms with Crippen LogP contribution in [-0.2, 0) is 6.54 Å². The van der Waals surface area contributed by atoms with Gasteiger partial charge in [-0.25, -0.2) is 0 Å². The first-order valence-electron chi connectivity index (χ1n) is 6.18. The van der Waals surface area contributed by atoms with Gasteiger partial charge < -0.3 is 9.73 Å². The highest BCUT2D eigenvalue weighted by Gasteiger charge is 2.07. The number of aromatic nitrogens is 2. The smallest absolute Gasteiger partial charge is 0.247 e. The lowest BCUT2D eigenvalue weighted by Gasteiger charge is -2.09. The number of rotatable bonds is 4. The molecule has 7 heteroatoms. The maximum absolute atomic E-state index is 5.21. The summed E-state index contributed by atoms with van der Waals surface area (Å²) in [6, 6.07) is 8.16. The average Bonchev–Trinajstić information content (AvgIpc) is 3.08. The first kappa shape index (κ1) is 14.7. The molecule has 3 rings (SSSR count). The predicted octanol–water partition coefficient (Wildman–Crippen LogP) is 5.24. The molecule has 2 heterocycles. The number of nitrogens with one attached hydrogen (secondary N) is 1. The fourth-order valence-corrected chi connectivity index (χ4v) is 4.07. The lowest BCUT2D eigenvalue weighted by atomic mass is 10.1. The summed E-state index contributed by atoms with van der Waals surface area (Å²) < 4.78 is 7.41. The van der Waals surface area contributed by atoms with Crippen molar-refractivity contribution >= 4 is 48.9 Å². The molecule has 0 aliphatic heterocycles. The number of hydrogen-bond acceptors (Lipinski definition) is 5. The number of nitrogens with zero attached hydrogens (tertiary/aromatic N) is 2. The van der Waals surface area contributed by atoms with E-state index in [0.29, 0.717) is 5.89 Å². The van der Waals surface area contributed by atoms with Crippen LogP contribution in [0.3, 0.4) is 0 Å². The van der Waals surface area contributed by atoms with Gasteiger partial charge in [0.2, 0.25) is 12.3 Å². The van der Waals surface area contributed by atoms with Gasteiger partial charge in [-0.15, -0.1) is 21.5 Å². The van der Waals surface area contributed by atoms with Crippen LogP contribution in [-0.4, -0.2) is 10.2 Å². The molecule has 0 unspecified atom stereocenters. The molecular weight excluding hydrogens is 418 g/mol. The van der Waals surface area contributed by atoms with Crippen molar-refractivity contribution in [2.24, 2.45) is 0 Å². The topological polar surface area (TPSA) is 51.0 Å². The number of hydrogen-bond donors (Lipinski definition) is 1. The van der Waals surface area contributed by atoms with E-state index in [0.717, 1.165) is 31.6 Å². The molecule has 0 fully saturated rings. The zero-order chi connectivity index (χ0) is 14.8. The molecule has 0 aliphatic rings. The largest absolute Gasteiger partial charge is 0.423 e. The van der Waals surface area contributed by atoms with Crippen molar-refractivity contribution < 1.29 is 4.42 Å². The van der Waals surface area contributed by atoms with Crippen molar-refractivity contribution in [2.45, 2.75) is 13.5 Å². The molecule has 108 valence electrons. The Balaban J connectivity index is 1.74. The number of anilines is 1. The minimum Gasteiger partial charge on any atom is -0.423 e. The van der Waals surface area contributed by atoms with Crippen LogP contribution < -0.4 is 5.32 Å². The SMILES string of the molecule is Cc1cc(-c2nnco2)ccc1NCc1cc(Br)c(Br)s1. The van der Waals surface area contributed by atoms with Crippen LogP contribution in [0, 0.1) is 6.92 Å². The zero-order valence-electron chi connectivity index (χ0n) is 11.1. The van der Waals surface area contributed by atoms with E-state index in [1.54, 1.807) is 11.3 Å². The Kier molecular flexibility index (Phi) is 4.42. The van der Waals surface area contributed by atoms with Crippen molar-refractivity contribution in [2.75, 3.05) is 5.32 Å². The monoisotopic (exact) mass is 427 g/mol. The van der Waals surface area contributed by atoms with Gasteiger partial charge in [-0.3, -0.25) is 0 Å². The molecule has 1 aromatic carbocycles. The summed E-state index contributed by atoms with van der Waals surface area (Å²) in [5.41, 5.74) is 3.16. The number of benzene rings is 1. The molecule has 0 atom stereocenters. The Morgan fingerprint density at radius 2 is 2.14 bits per heavy atom. The van der Waals surface area contributed by atoms with Crippen LogP contribution in [0.5, 0.6) is 0 Å². The van der Waals surface area contributed by atoms with Crippen LogP contribution in [0.2, 0.25) is 0 Å². The summed E-state index contributed by atoms with van der Waals surface area (Å²) in [7, 11) is 0. The van der Waals surface area contributed by atoms with Crippen molar-refractivity contribution in [1.82, 2.24) is 10.2 Å². The second-order valence-corrected chi connectivity index (χ2v) is 7.77. The van der Waals surface area contributed by atoms with Crippen molar-refractivity contribution in [3.63, 3.8) is 0 Å². The normalized spacial score (nSPS) is 10.8. The zero-order valence-corrected chi connectivity index (χ0v) is 15.0. The van der Waals surface area contributed by atoms with Crippen LogP contribution in [0.15, 0.2) is 43.3 Å². The van der Waals surface area contributed by atoms with E-state index >= 15 is 0 Å². The molecule has 3 aromatic rings. The molecule has 1 N–H and O–H groups in total. The standard InChI is InChI=1S/C14H11Br2N3OS/c1-8-4-9(14-19-18-7-20-14)2-3-12(8)17-6-10-5-11(15)13(16)21-10/h2-5,7,17H,6H2,1H3. The van der Waals surface area contributed by atoms with E-state index in [9.17, 15) is 0 Å². The fourth-order valence-electron chi connectivity index (χ4n) is 1.95. The van der Waals surface area contributed by atoms with E-state index < -0.39 is 0 Å². The maximum atomic E-state index is 5.21. The van der Waals surface area contributed by atoms with Gasteiger partial charge in [0, 0.05) is 27.1 Å². The van der Waals surface area contributed by atoms with Gasteiger partial charge in [0.05, 0.1) is 3.79 Å². The van der Waals surface area contributed by atoms with Gasteiger partial charge in [0.1, 0.15) is 0 Å². The summed E-state index contributed by atoms with van der Waals surface area (Å²) in [4.78, 5) is 1.26. The summed E-state index contributed by atoms with van der Waals surface area (Å²) in [6.45, 7) is 2.85. The van der Waals surface area contributed by atoms with Crippen LogP contribution >= 0.6 is 43.2 Å². The third kappa shape index (κ3) is 3.36. The minimum absolute atomic E-state index is 0.538. The lowest BCUT2D eigenvalue weighted by Crippen LogP contribution is -1.99. The molecule has 21 heavy (non-hydrogen) atoms. The molecule has 0 saturated carbocycles. The van der Waals surface area contributed by atoms with E-state index in [1.807, 2.05) is 18.2 Å². The van der Waals surface area contributed by atoms with Gasteiger partial charge >= 0.3 is 0 Å². The van der Waals surface area contributed by atoms with Gasteiger partial charge in [-0.05, 0) is 68.6 Å². The van der Waals surface area contributed by atoms with Gasteiger partial charge in [0.25, 0.3) is 0 Å². The predicted molar refractivity (Wildman–Crippen MR) is 91.5 cm³/mol. The molecule has 0 bridgehead atoms. The molecule has 2 aromatic heterocycles. The molecule has 4 nitrogen and oxygen atoms in total. The lowest BCUT2D eigenvalue weighted by molar-refractivity contribution is 0.568. The summed E-state index contributed by atoms with van der Waals surface area (Å²) >= 11 is 8.72. The van der Waals surface area contributed by atoms with Crippen LogP contribution in [0.25, 0.3) is 11.5 Å². The van der Waals surface area contributed by atoms with E-state index in [4.69, 9.17) is 4.42 Å². The van der Waals surface area contributed by atoms with Crippen molar-refractivity contribution in [3.8, 4) is 11.5 Å². The highest BCUT2D eigenvalue weighted by atomic mass is 79.9. The Morgan fingerprint density at radius 3 is 2.76 bits per heavy atom. The minimum atomic E-state index is 0.538. The molecule has 0 radical (unpaired) electrons. The van der Waals surface area contributed by atoms with Crippen LogP contribution in [0.4, 0.5) is 5.69 Å². The van der Waals surface area contributed by atoms with Crippen molar-refractivity contribution in [3.05, 3.63) is 49.4 Å². The maximum Gasteiger partial charge on any atom is 0.247 e. The van der Waals surface area contributed by atoms with Gasteiger partial charge in [-0.1, -0.05) is 0 Å². The number of aryl methyl sites for hydroxylation is 1. The molecule has 0 amide bonds. The third-order valence-electron chi connectivity index (χ3n) is 2.98. The second kappa shape index (κ2) is 6.29. The first-order chi connectivity index (χ1) is 10.1. The summed E-state index contributed by atoms with van der Waals surface area (Å²) in [5.74, 6) is 0.538.